The highest BCUT2D eigenvalue weighted by Crippen LogP contribution is 2.22. The molecule has 0 aliphatic carbocycles. The third-order valence-electron chi connectivity index (χ3n) is 4.81. The van der Waals surface area contributed by atoms with Gasteiger partial charge in [-0.15, -0.1) is 0 Å². The van der Waals surface area contributed by atoms with Crippen molar-refractivity contribution in [3.8, 4) is 0 Å². The lowest BCUT2D eigenvalue weighted by Crippen LogP contribution is -2.26. The summed E-state index contributed by atoms with van der Waals surface area (Å²) in [6, 6.07) is 22.3. The predicted octanol–water partition coefficient (Wildman–Crippen LogP) is 4.49. The van der Waals surface area contributed by atoms with Crippen LogP contribution in [0.1, 0.15) is 37.3 Å². The molecule has 0 amide bonds. The lowest BCUT2D eigenvalue weighted by atomic mass is 10.0. The first-order valence-electron chi connectivity index (χ1n) is 8.85. The Bertz CT molecular complexity index is 1130. The molecule has 0 saturated heterocycles. The minimum absolute atomic E-state index is 0.0752. The van der Waals surface area contributed by atoms with Crippen molar-refractivity contribution in [1.82, 2.24) is 15.3 Å². The van der Waals surface area contributed by atoms with Gasteiger partial charge in [0.25, 0.3) is 5.56 Å². The Morgan fingerprint density at radius 2 is 1.62 bits per heavy atom. The maximum Gasteiger partial charge on any atom is 0.258 e. The van der Waals surface area contributed by atoms with Crippen LogP contribution >= 0.6 is 0 Å². The molecule has 0 fully saturated rings. The van der Waals surface area contributed by atoms with Gasteiger partial charge in [0.15, 0.2) is 0 Å². The maximum absolute atomic E-state index is 12.3. The minimum atomic E-state index is -0.0994. The van der Waals surface area contributed by atoms with E-state index < -0.39 is 0 Å². The highest BCUT2D eigenvalue weighted by Gasteiger charge is 2.14. The summed E-state index contributed by atoms with van der Waals surface area (Å²) >= 11 is 0. The summed E-state index contributed by atoms with van der Waals surface area (Å²) in [7, 11) is 0. The molecule has 26 heavy (non-hydrogen) atoms. The second-order valence-corrected chi connectivity index (χ2v) is 6.68. The average molecular weight is 343 g/mol. The second kappa shape index (κ2) is 6.73. The van der Waals surface area contributed by atoms with Crippen LogP contribution in [-0.4, -0.2) is 9.97 Å². The van der Waals surface area contributed by atoms with E-state index in [-0.39, 0.29) is 17.6 Å². The van der Waals surface area contributed by atoms with Crippen molar-refractivity contribution in [2.45, 2.75) is 25.9 Å². The number of benzene rings is 3. The molecule has 0 spiro atoms. The first kappa shape index (κ1) is 16.5. The molecule has 4 aromatic rings. The van der Waals surface area contributed by atoms with Crippen LogP contribution in [0.4, 0.5) is 0 Å². The summed E-state index contributed by atoms with van der Waals surface area (Å²) in [5.74, 6) is 0.654. The molecule has 0 unspecified atom stereocenters. The summed E-state index contributed by atoms with van der Waals surface area (Å²) in [5, 5.41) is 6.61. The Kier molecular flexibility index (Phi) is 4.27. The van der Waals surface area contributed by atoms with Gasteiger partial charge in [0.2, 0.25) is 0 Å². The van der Waals surface area contributed by atoms with E-state index >= 15 is 0 Å². The topological polar surface area (TPSA) is 57.8 Å². The quantitative estimate of drug-likeness (QED) is 0.574. The van der Waals surface area contributed by atoms with E-state index in [2.05, 4.69) is 58.6 Å². The third-order valence-corrected chi connectivity index (χ3v) is 4.81. The van der Waals surface area contributed by atoms with Crippen molar-refractivity contribution in [1.29, 1.82) is 0 Å². The standard InChI is InChI=1S/C22H21N3O/c1-14(17-12-11-16-7-3-4-8-18(16)13-17)23-15(2)21-24-20-10-6-5-9-19(20)22(26)25-21/h3-15,23H,1-2H3,(H,24,25,26)/t14-,15+/m1/s1. The molecule has 2 atom stereocenters. The van der Waals surface area contributed by atoms with Crippen LogP contribution < -0.4 is 10.9 Å². The van der Waals surface area contributed by atoms with Gasteiger partial charge >= 0.3 is 0 Å². The van der Waals surface area contributed by atoms with Gasteiger partial charge in [-0.3, -0.25) is 4.79 Å². The number of nitrogens with one attached hydrogen (secondary N) is 2. The highest BCUT2D eigenvalue weighted by atomic mass is 16.1. The van der Waals surface area contributed by atoms with Crippen molar-refractivity contribution >= 4 is 21.7 Å². The predicted molar refractivity (Wildman–Crippen MR) is 106 cm³/mol. The summed E-state index contributed by atoms with van der Waals surface area (Å²) in [6.07, 6.45) is 0. The number of fused-ring (bicyclic) bond motifs is 2. The second-order valence-electron chi connectivity index (χ2n) is 6.68. The molecular weight excluding hydrogens is 322 g/mol. The summed E-state index contributed by atoms with van der Waals surface area (Å²) in [5.41, 5.74) is 1.83. The Balaban J connectivity index is 1.60. The monoisotopic (exact) mass is 343 g/mol. The van der Waals surface area contributed by atoms with E-state index in [9.17, 15) is 4.79 Å². The largest absolute Gasteiger partial charge is 0.309 e. The molecule has 1 aromatic heterocycles. The molecule has 0 aliphatic heterocycles. The number of hydrogen-bond acceptors (Lipinski definition) is 3. The van der Waals surface area contributed by atoms with Crippen molar-refractivity contribution in [2.75, 3.05) is 0 Å². The van der Waals surface area contributed by atoms with E-state index in [1.807, 2.05) is 31.2 Å². The number of rotatable bonds is 4. The number of hydrogen-bond donors (Lipinski definition) is 2. The zero-order valence-electron chi connectivity index (χ0n) is 14.9. The molecule has 1 heterocycles. The average Bonchev–Trinajstić information content (AvgIpc) is 2.67. The van der Waals surface area contributed by atoms with Crippen molar-refractivity contribution < 1.29 is 0 Å². The molecule has 3 aromatic carbocycles. The Morgan fingerprint density at radius 1 is 0.885 bits per heavy atom. The minimum Gasteiger partial charge on any atom is -0.309 e. The first-order chi connectivity index (χ1) is 12.6. The van der Waals surface area contributed by atoms with Gasteiger partial charge in [-0.2, -0.15) is 0 Å². The van der Waals surface area contributed by atoms with Crippen molar-refractivity contribution in [2.24, 2.45) is 0 Å². The summed E-state index contributed by atoms with van der Waals surface area (Å²) in [6.45, 7) is 4.14. The van der Waals surface area contributed by atoms with Crippen molar-refractivity contribution in [3.05, 3.63) is 88.5 Å². The molecule has 130 valence electrons. The fourth-order valence-corrected chi connectivity index (χ4v) is 3.34. The lowest BCUT2D eigenvalue weighted by Gasteiger charge is -2.20. The van der Waals surface area contributed by atoms with Gasteiger partial charge in [0.1, 0.15) is 5.82 Å². The molecule has 0 saturated carbocycles. The zero-order valence-corrected chi connectivity index (χ0v) is 14.9. The number of H-pyrrole nitrogens is 1. The van der Waals surface area contributed by atoms with Gasteiger partial charge in [0.05, 0.1) is 16.9 Å². The Hall–Kier alpha value is -2.98. The smallest absolute Gasteiger partial charge is 0.258 e. The molecular formula is C22H21N3O. The molecule has 0 aliphatic rings. The van der Waals surface area contributed by atoms with Crippen LogP contribution in [0.15, 0.2) is 71.5 Å². The van der Waals surface area contributed by atoms with Crippen LogP contribution in [0, 0.1) is 0 Å². The molecule has 4 heteroatoms. The van der Waals surface area contributed by atoms with Crippen molar-refractivity contribution in [3.63, 3.8) is 0 Å². The molecule has 4 nitrogen and oxygen atoms in total. The van der Waals surface area contributed by atoms with Gasteiger partial charge in [-0.05, 0) is 48.4 Å². The van der Waals surface area contributed by atoms with Gasteiger partial charge in [-0.25, -0.2) is 4.98 Å². The Labute approximate surface area is 151 Å². The number of aromatic nitrogens is 2. The van der Waals surface area contributed by atoms with Gasteiger partial charge in [0, 0.05) is 6.04 Å². The highest BCUT2D eigenvalue weighted by molar-refractivity contribution is 5.83. The van der Waals surface area contributed by atoms with Crippen LogP contribution in [0.2, 0.25) is 0 Å². The number of para-hydroxylation sites is 1. The fraction of sp³-hybridized carbons (Fsp3) is 0.182. The SMILES string of the molecule is C[C@H](N[C@H](C)c1ccc2ccccc2c1)c1nc2ccccc2c(=O)[nH]1. The Morgan fingerprint density at radius 3 is 2.46 bits per heavy atom. The zero-order chi connectivity index (χ0) is 18.1. The lowest BCUT2D eigenvalue weighted by molar-refractivity contribution is 0.477. The van der Waals surface area contributed by atoms with Crippen LogP contribution in [0.5, 0.6) is 0 Å². The fourth-order valence-electron chi connectivity index (χ4n) is 3.34. The molecule has 4 rings (SSSR count). The maximum atomic E-state index is 12.3. The summed E-state index contributed by atoms with van der Waals surface area (Å²) < 4.78 is 0. The summed E-state index contributed by atoms with van der Waals surface area (Å²) in [4.78, 5) is 19.8. The third kappa shape index (κ3) is 3.11. The molecule has 0 bridgehead atoms. The number of nitrogens with zero attached hydrogens (tertiary/aromatic N) is 1. The van der Waals surface area contributed by atoms with Crippen LogP contribution in [0.3, 0.4) is 0 Å². The molecule has 0 radical (unpaired) electrons. The molecule has 2 N–H and O–H groups in total. The first-order valence-corrected chi connectivity index (χ1v) is 8.85. The van der Waals surface area contributed by atoms with Gasteiger partial charge < -0.3 is 10.3 Å². The normalized spacial score (nSPS) is 13.8. The van der Waals surface area contributed by atoms with E-state index in [0.717, 1.165) is 5.52 Å². The van der Waals surface area contributed by atoms with Crippen LogP contribution in [-0.2, 0) is 0 Å². The van der Waals surface area contributed by atoms with E-state index in [1.54, 1.807) is 6.07 Å². The van der Waals surface area contributed by atoms with E-state index in [1.165, 1.54) is 16.3 Å². The van der Waals surface area contributed by atoms with Crippen LogP contribution in [0.25, 0.3) is 21.7 Å². The van der Waals surface area contributed by atoms with E-state index in [0.29, 0.717) is 11.2 Å². The van der Waals surface area contributed by atoms with E-state index in [4.69, 9.17) is 0 Å². The number of aromatic amines is 1. The van der Waals surface area contributed by atoms with Gasteiger partial charge in [-0.1, -0.05) is 48.5 Å².